The van der Waals surface area contributed by atoms with Crippen molar-refractivity contribution in [3.63, 3.8) is 0 Å². The highest BCUT2D eigenvalue weighted by atomic mass is 35.7. The third-order valence-corrected chi connectivity index (χ3v) is 4.44. The number of carbonyl (C=O) groups excluding carboxylic acids is 1. The molecule has 5 nitrogen and oxygen atoms in total. The van der Waals surface area contributed by atoms with Gasteiger partial charge in [0.1, 0.15) is 0 Å². The van der Waals surface area contributed by atoms with Crippen molar-refractivity contribution >= 4 is 25.6 Å². The highest BCUT2D eigenvalue weighted by Crippen LogP contribution is 2.22. The molecule has 118 valence electrons. The second kappa shape index (κ2) is 8.36. The number of hydrogen-bond donors (Lipinski definition) is 1. The molecule has 1 aromatic carbocycles. The molecule has 1 N–H and O–H groups in total. The third-order valence-electron chi connectivity index (χ3n) is 3.03. The van der Waals surface area contributed by atoms with Gasteiger partial charge in [-0.3, -0.25) is 4.79 Å². The Kier molecular flexibility index (Phi) is 7.14. The predicted molar refractivity (Wildman–Crippen MR) is 82.3 cm³/mol. The summed E-state index contributed by atoms with van der Waals surface area (Å²) in [5.74, 6) is -0.309. The molecule has 0 heterocycles. The number of nitrogens with one attached hydrogen (secondary N) is 1. The largest absolute Gasteiger partial charge is 0.385 e. The quantitative estimate of drug-likeness (QED) is 0.585. The van der Waals surface area contributed by atoms with Crippen LogP contribution in [0.2, 0.25) is 0 Å². The van der Waals surface area contributed by atoms with Crippen molar-refractivity contribution in [2.75, 3.05) is 20.3 Å². The molecule has 1 amide bonds. The lowest BCUT2D eigenvalue weighted by Crippen LogP contribution is -2.24. The fourth-order valence-electron chi connectivity index (χ4n) is 1.89. The van der Waals surface area contributed by atoms with E-state index in [1.807, 2.05) is 6.92 Å². The lowest BCUT2D eigenvalue weighted by atomic mass is 10.1. The van der Waals surface area contributed by atoms with E-state index in [1.54, 1.807) is 19.2 Å². The minimum Gasteiger partial charge on any atom is -0.385 e. The van der Waals surface area contributed by atoms with Crippen LogP contribution < -0.4 is 5.32 Å². The molecule has 0 saturated heterocycles. The second-order valence-electron chi connectivity index (χ2n) is 4.57. The number of methoxy groups -OCH3 is 1. The van der Waals surface area contributed by atoms with Crippen LogP contribution in [0.4, 0.5) is 0 Å². The van der Waals surface area contributed by atoms with Crippen LogP contribution in [0.1, 0.15) is 35.7 Å². The van der Waals surface area contributed by atoms with Crippen molar-refractivity contribution in [3.05, 3.63) is 29.3 Å². The van der Waals surface area contributed by atoms with E-state index in [9.17, 15) is 13.2 Å². The summed E-state index contributed by atoms with van der Waals surface area (Å²) in [7, 11) is 3.18. The Bertz CT molecular complexity index is 587. The second-order valence-corrected chi connectivity index (χ2v) is 7.10. The number of aryl methyl sites for hydroxylation is 1. The highest BCUT2D eigenvalue weighted by molar-refractivity contribution is 8.13. The Hall–Kier alpha value is -1.11. The molecular weight excluding hydrogens is 314 g/mol. The van der Waals surface area contributed by atoms with Crippen LogP contribution in [-0.4, -0.2) is 34.6 Å². The summed E-state index contributed by atoms with van der Waals surface area (Å²) in [5, 5.41) is 2.74. The summed E-state index contributed by atoms with van der Waals surface area (Å²) in [6.07, 6.45) is 2.18. The van der Waals surface area contributed by atoms with Crippen LogP contribution in [0.3, 0.4) is 0 Å². The van der Waals surface area contributed by atoms with Crippen molar-refractivity contribution in [3.8, 4) is 0 Å². The molecule has 0 aliphatic carbocycles. The molecule has 0 unspecified atom stereocenters. The van der Waals surface area contributed by atoms with E-state index in [2.05, 4.69) is 5.32 Å². The lowest BCUT2D eigenvalue weighted by molar-refractivity contribution is 0.0951. The minimum atomic E-state index is -3.86. The van der Waals surface area contributed by atoms with Crippen LogP contribution in [-0.2, 0) is 20.2 Å². The van der Waals surface area contributed by atoms with E-state index in [1.165, 1.54) is 6.07 Å². The number of unbranched alkanes of at least 4 members (excludes halogenated alkanes) is 1. The van der Waals surface area contributed by atoms with Gasteiger partial charge in [0, 0.05) is 36.5 Å². The Morgan fingerprint density at radius 1 is 1.33 bits per heavy atom. The SMILES string of the molecule is CCc1ccc(C(=O)NCCCCOC)cc1S(=O)(=O)Cl. The van der Waals surface area contributed by atoms with Gasteiger partial charge in [-0.15, -0.1) is 0 Å². The van der Waals surface area contributed by atoms with Gasteiger partial charge in [0.05, 0.1) is 4.90 Å². The van der Waals surface area contributed by atoms with E-state index in [0.29, 0.717) is 25.1 Å². The predicted octanol–water partition coefficient (Wildman–Crippen LogP) is 2.33. The summed E-state index contributed by atoms with van der Waals surface area (Å²) in [4.78, 5) is 12.0. The van der Waals surface area contributed by atoms with Gasteiger partial charge in [-0.25, -0.2) is 8.42 Å². The third kappa shape index (κ3) is 5.65. The summed E-state index contributed by atoms with van der Waals surface area (Å²) in [6, 6.07) is 4.55. The Labute approximate surface area is 130 Å². The summed E-state index contributed by atoms with van der Waals surface area (Å²) >= 11 is 0. The van der Waals surface area contributed by atoms with Gasteiger partial charge in [0.15, 0.2) is 0 Å². The summed E-state index contributed by atoms with van der Waals surface area (Å²) in [6.45, 7) is 2.99. The molecule has 0 radical (unpaired) electrons. The first-order valence-corrected chi connectivity index (χ1v) is 9.05. The normalized spacial score (nSPS) is 11.4. The molecule has 7 heteroatoms. The average Bonchev–Trinajstić information content (AvgIpc) is 2.45. The molecule has 0 atom stereocenters. The van der Waals surface area contributed by atoms with E-state index in [-0.39, 0.29) is 16.4 Å². The number of carbonyl (C=O) groups is 1. The van der Waals surface area contributed by atoms with Crippen LogP contribution in [0.15, 0.2) is 23.1 Å². The Balaban J connectivity index is 2.77. The zero-order chi connectivity index (χ0) is 15.9. The maximum atomic E-state index is 12.0. The van der Waals surface area contributed by atoms with Crippen molar-refractivity contribution < 1.29 is 17.9 Å². The monoisotopic (exact) mass is 333 g/mol. The van der Waals surface area contributed by atoms with Crippen LogP contribution in [0.5, 0.6) is 0 Å². The zero-order valence-electron chi connectivity index (χ0n) is 12.2. The summed E-state index contributed by atoms with van der Waals surface area (Å²) in [5.41, 5.74) is 0.889. The van der Waals surface area contributed by atoms with Crippen molar-refractivity contribution in [1.82, 2.24) is 5.32 Å². The number of ether oxygens (including phenoxy) is 1. The van der Waals surface area contributed by atoms with Gasteiger partial charge in [-0.1, -0.05) is 13.0 Å². The first-order valence-electron chi connectivity index (χ1n) is 6.75. The fraction of sp³-hybridized carbons (Fsp3) is 0.500. The lowest BCUT2D eigenvalue weighted by Gasteiger charge is -2.09. The number of rotatable bonds is 8. The topological polar surface area (TPSA) is 72.5 Å². The molecule has 0 saturated carbocycles. The smallest absolute Gasteiger partial charge is 0.261 e. The number of hydrogen-bond acceptors (Lipinski definition) is 4. The van der Waals surface area contributed by atoms with Gasteiger partial charge >= 0.3 is 0 Å². The molecule has 0 spiro atoms. The number of amides is 1. The standard InChI is InChI=1S/C14H20ClNO4S/c1-3-11-6-7-12(10-13(11)21(15,18)19)14(17)16-8-4-5-9-20-2/h6-7,10H,3-5,8-9H2,1-2H3,(H,16,17). The van der Waals surface area contributed by atoms with Crippen molar-refractivity contribution in [2.24, 2.45) is 0 Å². The van der Waals surface area contributed by atoms with Gasteiger partial charge in [-0.2, -0.15) is 0 Å². The van der Waals surface area contributed by atoms with Gasteiger partial charge < -0.3 is 10.1 Å². The molecule has 0 aromatic heterocycles. The first kappa shape index (κ1) is 17.9. The minimum absolute atomic E-state index is 0.00120. The van der Waals surface area contributed by atoms with E-state index in [0.717, 1.165) is 12.8 Å². The van der Waals surface area contributed by atoms with Gasteiger partial charge in [-0.05, 0) is 37.0 Å². The molecule has 0 bridgehead atoms. The maximum absolute atomic E-state index is 12.0. The zero-order valence-corrected chi connectivity index (χ0v) is 13.8. The Morgan fingerprint density at radius 3 is 2.62 bits per heavy atom. The molecule has 21 heavy (non-hydrogen) atoms. The summed E-state index contributed by atoms with van der Waals surface area (Å²) < 4.78 is 28.0. The van der Waals surface area contributed by atoms with Crippen molar-refractivity contribution in [1.29, 1.82) is 0 Å². The van der Waals surface area contributed by atoms with Crippen LogP contribution >= 0.6 is 10.7 Å². The highest BCUT2D eigenvalue weighted by Gasteiger charge is 2.17. The molecule has 1 rings (SSSR count). The van der Waals surface area contributed by atoms with Gasteiger partial charge in [0.2, 0.25) is 0 Å². The molecule has 0 aliphatic heterocycles. The Morgan fingerprint density at radius 2 is 2.05 bits per heavy atom. The molecule has 0 aliphatic rings. The first-order chi connectivity index (χ1) is 9.90. The van der Waals surface area contributed by atoms with E-state index < -0.39 is 9.05 Å². The van der Waals surface area contributed by atoms with Gasteiger partial charge in [0.25, 0.3) is 15.0 Å². The molecule has 1 aromatic rings. The maximum Gasteiger partial charge on any atom is 0.261 e. The molecular formula is C14H20ClNO4S. The average molecular weight is 334 g/mol. The fourth-order valence-corrected chi connectivity index (χ4v) is 3.11. The van der Waals surface area contributed by atoms with Crippen molar-refractivity contribution in [2.45, 2.75) is 31.1 Å². The van der Waals surface area contributed by atoms with E-state index >= 15 is 0 Å². The van der Waals surface area contributed by atoms with Crippen LogP contribution in [0, 0.1) is 0 Å². The van der Waals surface area contributed by atoms with Crippen LogP contribution in [0.25, 0.3) is 0 Å². The number of benzene rings is 1. The van der Waals surface area contributed by atoms with E-state index in [4.69, 9.17) is 15.4 Å². The number of halogens is 1. The molecule has 0 fully saturated rings.